The molecule has 0 aliphatic carbocycles. The molecule has 3 rings (SSSR count). The molecule has 4 nitrogen and oxygen atoms in total. The van der Waals surface area contributed by atoms with Gasteiger partial charge in [0, 0.05) is 12.6 Å². The Morgan fingerprint density at radius 1 is 1.08 bits per heavy atom. The van der Waals surface area contributed by atoms with Gasteiger partial charge >= 0.3 is 0 Å². The first-order chi connectivity index (χ1) is 12.0. The second-order valence-corrected chi connectivity index (χ2v) is 8.68. The summed E-state index contributed by atoms with van der Waals surface area (Å²) < 4.78 is 27.7. The van der Waals surface area contributed by atoms with Crippen molar-refractivity contribution in [3.63, 3.8) is 0 Å². The van der Waals surface area contributed by atoms with Crippen molar-refractivity contribution in [3.8, 4) is 0 Å². The van der Waals surface area contributed by atoms with Gasteiger partial charge in [0.1, 0.15) is 0 Å². The van der Waals surface area contributed by atoms with Crippen molar-refractivity contribution in [2.24, 2.45) is 0 Å². The van der Waals surface area contributed by atoms with E-state index in [2.05, 4.69) is 12.1 Å². The molecule has 5 heteroatoms. The molecular weight excluding hydrogens is 334 g/mol. The highest BCUT2D eigenvalue weighted by molar-refractivity contribution is 7.89. The Kier molecular flexibility index (Phi) is 5.57. The Morgan fingerprint density at radius 3 is 2.44 bits per heavy atom. The van der Waals surface area contributed by atoms with Crippen LogP contribution in [-0.2, 0) is 16.4 Å². The van der Waals surface area contributed by atoms with Crippen LogP contribution in [0.3, 0.4) is 0 Å². The van der Waals surface area contributed by atoms with Crippen molar-refractivity contribution in [1.29, 1.82) is 0 Å². The van der Waals surface area contributed by atoms with Crippen LogP contribution < -0.4 is 0 Å². The third kappa shape index (κ3) is 4.29. The highest BCUT2D eigenvalue weighted by Gasteiger charge is 2.36. The summed E-state index contributed by atoms with van der Waals surface area (Å²) in [5.74, 6) is 0. The molecule has 2 aromatic carbocycles. The molecule has 0 unspecified atom stereocenters. The minimum atomic E-state index is -3.53. The molecule has 0 bridgehead atoms. The Hall–Kier alpha value is -1.69. The predicted octanol–water partition coefficient (Wildman–Crippen LogP) is 3.14. The topological polar surface area (TPSA) is 57.6 Å². The maximum atomic E-state index is 13.1. The lowest BCUT2D eigenvalue weighted by atomic mass is 9.96. The zero-order valence-electron chi connectivity index (χ0n) is 14.5. The van der Waals surface area contributed by atoms with Crippen molar-refractivity contribution in [3.05, 3.63) is 65.7 Å². The summed E-state index contributed by atoms with van der Waals surface area (Å²) in [6.07, 6.45) is 2.08. The van der Waals surface area contributed by atoms with Gasteiger partial charge in [0.2, 0.25) is 10.0 Å². The molecule has 0 spiro atoms. The summed E-state index contributed by atoms with van der Waals surface area (Å²) in [6.45, 7) is 2.31. The van der Waals surface area contributed by atoms with Crippen molar-refractivity contribution in [2.45, 2.75) is 49.6 Å². The lowest BCUT2D eigenvalue weighted by Crippen LogP contribution is -2.47. The molecule has 1 fully saturated rings. The number of hydrogen-bond donors (Lipinski definition) is 1. The number of aryl methyl sites for hydroxylation is 2. The first-order valence-electron chi connectivity index (χ1n) is 8.77. The monoisotopic (exact) mass is 359 g/mol. The zero-order valence-corrected chi connectivity index (χ0v) is 15.3. The molecule has 2 aromatic rings. The number of piperidine rings is 1. The Morgan fingerprint density at radius 2 is 1.76 bits per heavy atom. The van der Waals surface area contributed by atoms with E-state index >= 15 is 0 Å². The van der Waals surface area contributed by atoms with Crippen LogP contribution in [0.25, 0.3) is 0 Å². The molecule has 25 heavy (non-hydrogen) atoms. The van der Waals surface area contributed by atoms with E-state index in [1.807, 2.05) is 37.3 Å². The van der Waals surface area contributed by atoms with Gasteiger partial charge in [-0.3, -0.25) is 0 Å². The Labute approximate surface area is 150 Å². The number of aliphatic hydroxyl groups excluding tert-OH is 1. The fourth-order valence-electron chi connectivity index (χ4n) is 3.41. The summed E-state index contributed by atoms with van der Waals surface area (Å²) in [4.78, 5) is 0.333. The van der Waals surface area contributed by atoms with Gasteiger partial charge in [-0.25, -0.2) is 8.42 Å². The molecule has 1 saturated heterocycles. The van der Waals surface area contributed by atoms with Crippen LogP contribution in [0, 0.1) is 6.92 Å². The predicted molar refractivity (Wildman–Crippen MR) is 98.9 cm³/mol. The van der Waals surface area contributed by atoms with Crippen molar-refractivity contribution >= 4 is 10.0 Å². The van der Waals surface area contributed by atoms with Crippen LogP contribution in [0.2, 0.25) is 0 Å². The Bertz CT molecular complexity index is 787. The van der Waals surface area contributed by atoms with E-state index in [4.69, 9.17) is 0 Å². The molecule has 0 amide bonds. The van der Waals surface area contributed by atoms with Crippen LogP contribution in [0.5, 0.6) is 0 Å². The van der Waals surface area contributed by atoms with Gasteiger partial charge in [0.15, 0.2) is 0 Å². The molecule has 1 aliphatic rings. The third-order valence-corrected chi connectivity index (χ3v) is 6.84. The van der Waals surface area contributed by atoms with E-state index in [0.29, 0.717) is 30.7 Å². The van der Waals surface area contributed by atoms with Crippen LogP contribution in [-0.4, -0.2) is 36.5 Å². The highest BCUT2D eigenvalue weighted by atomic mass is 32.2. The number of sulfonamides is 1. The van der Waals surface area contributed by atoms with Crippen LogP contribution in [0.1, 0.15) is 30.4 Å². The second kappa shape index (κ2) is 7.68. The third-order valence-electron chi connectivity index (χ3n) is 4.87. The molecule has 0 radical (unpaired) electrons. The normalized spacial score (nSPS) is 22.0. The highest BCUT2D eigenvalue weighted by Crippen LogP contribution is 2.28. The average Bonchev–Trinajstić information content (AvgIpc) is 2.61. The van der Waals surface area contributed by atoms with E-state index in [1.165, 1.54) is 5.56 Å². The summed E-state index contributed by atoms with van der Waals surface area (Å²) in [5, 5.41) is 10.0. The lowest BCUT2D eigenvalue weighted by molar-refractivity contribution is 0.0781. The molecule has 1 N–H and O–H groups in total. The van der Waals surface area contributed by atoms with E-state index in [9.17, 15) is 13.5 Å². The average molecular weight is 359 g/mol. The van der Waals surface area contributed by atoms with E-state index in [-0.39, 0.29) is 6.04 Å². The number of nitrogens with zero attached hydrogens (tertiary/aromatic N) is 1. The summed E-state index contributed by atoms with van der Waals surface area (Å²) in [5.41, 5.74) is 2.23. The van der Waals surface area contributed by atoms with E-state index < -0.39 is 16.1 Å². The SMILES string of the molecule is Cc1ccc(S(=O)(=O)N2CC[C@H](O)C[C@H]2CCc2ccccc2)cc1. The largest absolute Gasteiger partial charge is 0.393 e. The van der Waals surface area contributed by atoms with Gasteiger partial charge in [0.05, 0.1) is 11.0 Å². The van der Waals surface area contributed by atoms with Crippen molar-refractivity contribution in [1.82, 2.24) is 4.31 Å². The maximum absolute atomic E-state index is 13.1. The fourth-order valence-corrected chi connectivity index (χ4v) is 5.09. The van der Waals surface area contributed by atoms with Gasteiger partial charge < -0.3 is 5.11 Å². The number of rotatable bonds is 5. The first kappa shape index (κ1) is 18.1. The number of benzene rings is 2. The van der Waals surface area contributed by atoms with Gasteiger partial charge in [-0.2, -0.15) is 4.31 Å². The minimum Gasteiger partial charge on any atom is -0.393 e. The first-order valence-corrected chi connectivity index (χ1v) is 10.2. The summed E-state index contributed by atoms with van der Waals surface area (Å²) in [7, 11) is -3.53. The second-order valence-electron chi connectivity index (χ2n) is 6.79. The molecule has 134 valence electrons. The van der Waals surface area contributed by atoms with Crippen molar-refractivity contribution in [2.75, 3.05) is 6.54 Å². The quantitative estimate of drug-likeness (QED) is 0.892. The minimum absolute atomic E-state index is 0.171. The Balaban J connectivity index is 1.80. The van der Waals surface area contributed by atoms with Crippen LogP contribution in [0.15, 0.2) is 59.5 Å². The zero-order chi connectivity index (χ0) is 17.9. The summed E-state index contributed by atoms with van der Waals surface area (Å²) >= 11 is 0. The number of hydrogen-bond acceptors (Lipinski definition) is 3. The van der Waals surface area contributed by atoms with E-state index in [1.54, 1.807) is 16.4 Å². The fraction of sp³-hybridized carbons (Fsp3) is 0.400. The maximum Gasteiger partial charge on any atom is 0.243 e. The van der Waals surface area contributed by atoms with Crippen LogP contribution in [0.4, 0.5) is 0 Å². The van der Waals surface area contributed by atoms with Gasteiger partial charge in [-0.1, -0.05) is 48.0 Å². The molecule has 0 saturated carbocycles. The van der Waals surface area contributed by atoms with Gasteiger partial charge in [-0.15, -0.1) is 0 Å². The molecule has 1 heterocycles. The standard InChI is InChI=1S/C20H25NO3S/c1-16-7-11-20(12-8-16)25(23,24)21-14-13-19(22)15-18(21)10-9-17-5-3-2-4-6-17/h2-8,11-12,18-19,22H,9-10,13-15H2,1H3/t18-,19+/m1/s1. The van der Waals surface area contributed by atoms with Crippen LogP contribution >= 0.6 is 0 Å². The molecular formula is C20H25NO3S. The van der Waals surface area contributed by atoms with Gasteiger partial charge in [0.25, 0.3) is 0 Å². The summed E-state index contributed by atoms with van der Waals surface area (Å²) in [6, 6.07) is 16.9. The lowest BCUT2D eigenvalue weighted by Gasteiger charge is -2.37. The molecule has 1 aliphatic heterocycles. The molecule has 2 atom stereocenters. The van der Waals surface area contributed by atoms with E-state index in [0.717, 1.165) is 12.0 Å². The smallest absolute Gasteiger partial charge is 0.243 e. The van der Waals surface area contributed by atoms with Gasteiger partial charge in [-0.05, 0) is 50.3 Å². The molecule has 0 aromatic heterocycles. The number of aliphatic hydroxyl groups is 1. The van der Waals surface area contributed by atoms with Crippen molar-refractivity contribution < 1.29 is 13.5 Å².